The van der Waals surface area contributed by atoms with Crippen LogP contribution in [-0.2, 0) is 0 Å². The van der Waals surface area contributed by atoms with Crippen LogP contribution in [0.15, 0.2) is 18.2 Å². The minimum Gasteiger partial charge on any atom is -0.330 e. The second kappa shape index (κ2) is 6.18. The zero-order valence-electron chi connectivity index (χ0n) is 9.63. The summed E-state index contributed by atoms with van der Waals surface area (Å²) in [5.74, 6) is -0.0337. The van der Waals surface area contributed by atoms with Crippen molar-refractivity contribution < 1.29 is 4.39 Å². The van der Waals surface area contributed by atoms with E-state index >= 15 is 0 Å². The minimum atomic E-state index is -0.240. The Morgan fingerprint density at radius 1 is 1.50 bits per heavy atom. The van der Waals surface area contributed by atoms with E-state index in [1.807, 2.05) is 14.0 Å². The Morgan fingerprint density at radius 3 is 2.69 bits per heavy atom. The van der Waals surface area contributed by atoms with Crippen LogP contribution in [0.3, 0.4) is 0 Å². The Labute approximate surface area is 101 Å². The van der Waals surface area contributed by atoms with Gasteiger partial charge in [-0.05, 0) is 37.7 Å². The van der Waals surface area contributed by atoms with Crippen molar-refractivity contribution in [2.75, 3.05) is 13.6 Å². The summed E-state index contributed by atoms with van der Waals surface area (Å²) in [7, 11) is 1.81. The zero-order valence-corrected chi connectivity index (χ0v) is 10.4. The standard InChI is InChI=1S/C12H18ClFN2/c1-3-8(7-15)12(16-2)10-6-9(13)4-5-11(10)14/h4-6,8,12,16H,3,7,15H2,1-2H3. The second-order valence-electron chi connectivity index (χ2n) is 3.84. The maximum Gasteiger partial charge on any atom is 0.128 e. The molecular weight excluding hydrogens is 227 g/mol. The number of benzene rings is 1. The first-order valence-corrected chi connectivity index (χ1v) is 5.84. The molecule has 0 aromatic heterocycles. The lowest BCUT2D eigenvalue weighted by molar-refractivity contribution is 0.367. The fourth-order valence-electron chi connectivity index (χ4n) is 1.94. The van der Waals surface area contributed by atoms with Crippen molar-refractivity contribution in [2.24, 2.45) is 11.7 Å². The number of nitrogens with two attached hydrogens (primary N) is 1. The summed E-state index contributed by atoms with van der Waals surface area (Å²) in [4.78, 5) is 0. The molecule has 0 aliphatic rings. The highest BCUT2D eigenvalue weighted by Gasteiger charge is 2.22. The molecular formula is C12H18ClFN2. The van der Waals surface area contributed by atoms with Crippen LogP contribution in [0.25, 0.3) is 0 Å². The van der Waals surface area contributed by atoms with Crippen molar-refractivity contribution in [1.82, 2.24) is 5.32 Å². The summed E-state index contributed by atoms with van der Waals surface area (Å²) in [5, 5.41) is 3.65. The molecule has 1 rings (SSSR count). The van der Waals surface area contributed by atoms with Crippen molar-refractivity contribution in [3.05, 3.63) is 34.6 Å². The molecule has 0 saturated carbocycles. The third-order valence-electron chi connectivity index (χ3n) is 2.90. The van der Waals surface area contributed by atoms with Crippen LogP contribution in [0, 0.1) is 11.7 Å². The zero-order chi connectivity index (χ0) is 12.1. The average molecular weight is 245 g/mol. The molecule has 90 valence electrons. The van der Waals surface area contributed by atoms with Gasteiger partial charge in [-0.25, -0.2) is 4.39 Å². The first-order valence-electron chi connectivity index (χ1n) is 5.46. The number of nitrogens with one attached hydrogen (secondary N) is 1. The highest BCUT2D eigenvalue weighted by molar-refractivity contribution is 6.30. The van der Waals surface area contributed by atoms with Gasteiger partial charge < -0.3 is 11.1 Å². The van der Waals surface area contributed by atoms with Gasteiger partial charge in [-0.15, -0.1) is 0 Å². The largest absolute Gasteiger partial charge is 0.330 e. The summed E-state index contributed by atoms with van der Waals surface area (Å²) in [6.07, 6.45) is 0.897. The van der Waals surface area contributed by atoms with Crippen LogP contribution >= 0.6 is 11.6 Å². The second-order valence-corrected chi connectivity index (χ2v) is 4.27. The highest BCUT2D eigenvalue weighted by Crippen LogP contribution is 2.28. The van der Waals surface area contributed by atoms with Gasteiger partial charge in [0.15, 0.2) is 0 Å². The van der Waals surface area contributed by atoms with Gasteiger partial charge in [-0.2, -0.15) is 0 Å². The summed E-state index contributed by atoms with van der Waals surface area (Å²) in [5.41, 5.74) is 6.28. The lowest BCUT2D eigenvalue weighted by atomic mass is 9.91. The topological polar surface area (TPSA) is 38.0 Å². The molecule has 0 aliphatic heterocycles. The van der Waals surface area contributed by atoms with E-state index in [0.717, 1.165) is 6.42 Å². The van der Waals surface area contributed by atoms with Crippen LogP contribution in [0.2, 0.25) is 5.02 Å². The number of hydrogen-bond donors (Lipinski definition) is 2. The lowest BCUT2D eigenvalue weighted by Gasteiger charge is -2.25. The van der Waals surface area contributed by atoms with Crippen LogP contribution in [-0.4, -0.2) is 13.6 Å². The van der Waals surface area contributed by atoms with Crippen LogP contribution in [0.5, 0.6) is 0 Å². The molecule has 0 fully saturated rings. The monoisotopic (exact) mass is 244 g/mol. The fraction of sp³-hybridized carbons (Fsp3) is 0.500. The van der Waals surface area contributed by atoms with Crippen molar-refractivity contribution >= 4 is 11.6 Å². The molecule has 0 bridgehead atoms. The predicted molar refractivity (Wildman–Crippen MR) is 66.0 cm³/mol. The van der Waals surface area contributed by atoms with Crippen molar-refractivity contribution in [3.63, 3.8) is 0 Å². The molecule has 0 heterocycles. The van der Waals surface area contributed by atoms with Crippen LogP contribution in [0.1, 0.15) is 24.9 Å². The molecule has 3 N–H and O–H groups in total. The molecule has 0 aliphatic carbocycles. The van der Waals surface area contributed by atoms with E-state index in [1.54, 1.807) is 12.1 Å². The molecule has 4 heteroatoms. The highest BCUT2D eigenvalue weighted by atomic mass is 35.5. The van der Waals surface area contributed by atoms with E-state index in [1.165, 1.54) is 6.07 Å². The van der Waals surface area contributed by atoms with Gasteiger partial charge in [0.2, 0.25) is 0 Å². The van der Waals surface area contributed by atoms with Crippen LogP contribution < -0.4 is 11.1 Å². The fourth-order valence-corrected chi connectivity index (χ4v) is 2.12. The van der Waals surface area contributed by atoms with Gasteiger partial charge >= 0.3 is 0 Å². The molecule has 16 heavy (non-hydrogen) atoms. The average Bonchev–Trinajstić information content (AvgIpc) is 2.29. The number of rotatable bonds is 5. The Balaban J connectivity index is 3.06. The van der Waals surface area contributed by atoms with Gasteiger partial charge in [0.05, 0.1) is 0 Å². The van der Waals surface area contributed by atoms with Crippen molar-refractivity contribution in [1.29, 1.82) is 0 Å². The first-order chi connectivity index (χ1) is 7.63. The lowest BCUT2D eigenvalue weighted by Crippen LogP contribution is -2.30. The Kier molecular flexibility index (Phi) is 5.19. The third-order valence-corrected chi connectivity index (χ3v) is 3.14. The van der Waals surface area contributed by atoms with Crippen LogP contribution in [0.4, 0.5) is 4.39 Å². The number of halogens is 2. The van der Waals surface area contributed by atoms with E-state index in [4.69, 9.17) is 17.3 Å². The molecule has 1 aromatic rings. The summed E-state index contributed by atoms with van der Waals surface area (Å²) in [6.45, 7) is 2.57. The molecule has 0 radical (unpaired) electrons. The maximum atomic E-state index is 13.7. The Bertz CT molecular complexity index is 340. The quantitative estimate of drug-likeness (QED) is 0.836. The molecule has 2 nitrogen and oxygen atoms in total. The van der Waals surface area contributed by atoms with E-state index < -0.39 is 0 Å². The first kappa shape index (κ1) is 13.4. The minimum absolute atomic E-state index is 0.0892. The van der Waals surface area contributed by atoms with E-state index in [0.29, 0.717) is 17.1 Å². The predicted octanol–water partition coefficient (Wildman–Crippen LogP) is 2.72. The molecule has 0 spiro atoms. The number of hydrogen-bond acceptors (Lipinski definition) is 2. The van der Waals surface area contributed by atoms with E-state index in [-0.39, 0.29) is 17.8 Å². The van der Waals surface area contributed by atoms with Gasteiger partial charge in [0.25, 0.3) is 0 Å². The molecule has 0 saturated heterocycles. The SMILES string of the molecule is CCC(CN)C(NC)c1cc(Cl)ccc1F. The summed E-state index contributed by atoms with van der Waals surface area (Å²) in [6, 6.07) is 4.52. The molecule has 1 aromatic carbocycles. The van der Waals surface area contributed by atoms with Crippen molar-refractivity contribution in [3.8, 4) is 0 Å². The summed E-state index contributed by atoms with van der Waals surface area (Å²) >= 11 is 5.88. The normalized spacial score (nSPS) is 14.8. The van der Waals surface area contributed by atoms with E-state index in [9.17, 15) is 4.39 Å². The smallest absolute Gasteiger partial charge is 0.128 e. The molecule has 2 unspecified atom stereocenters. The third kappa shape index (κ3) is 2.94. The molecule has 0 amide bonds. The summed E-state index contributed by atoms with van der Waals surface area (Å²) < 4.78 is 13.7. The Hall–Kier alpha value is -0.640. The van der Waals surface area contributed by atoms with Gasteiger partial charge in [0, 0.05) is 16.6 Å². The van der Waals surface area contributed by atoms with Gasteiger partial charge in [0.1, 0.15) is 5.82 Å². The van der Waals surface area contributed by atoms with E-state index in [2.05, 4.69) is 5.32 Å². The van der Waals surface area contributed by atoms with Crippen molar-refractivity contribution in [2.45, 2.75) is 19.4 Å². The van der Waals surface area contributed by atoms with Gasteiger partial charge in [-0.3, -0.25) is 0 Å². The van der Waals surface area contributed by atoms with Gasteiger partial charge in [-0.1, -0.05) is 24.9 Å². The molecule has 2 atom stereocenters. The Morgan fingerprint density at radius 2 is 2.19 bits per heavy atom. The maximum absolute atomic E-state index is 13.7.